The maximum atomic E-state index is 12.7. The number of carbonyl (C=O) groups is 1. The molecule has 0 aliphatic rings. The molecule has 3 N–H and O–H groups in total. The van der Waals surface area contributed by atoms with Crippen LogP contribution in [-0.2, 0) is 26.6 Å². The maximum absolute atomic E-state index is 12.7. The van der Waals surface area contributed by atoms with Crippen LogP contribution in [0.1, 0.15) is 15.9 Å². The van der Waals surface area contributed by atoms with Crippen molar-refractivity contribution in [3.05, 3.63) is 110 Å². The summed E-state index contributed by atoms with van der Waals surface area (Å²) in [7, 11) is -8.14. The first-order chi connectivity index (χ1) is 19.7. The van der Waals surface area contributed by atoms with Crippen molar-refractivity contribution in [3.63, 3.8) is 0 Å². The number of hydrogen-bond donors (Lipinski definition) is 3. The van der Waals surface area contributed by atoms with Crippen molar-refractivity contribution in [1.82, 2.24) is 9.71 Å². The van der Waals surface area contributed by atoms with E-state index in [-0.39, 0.29) is 38.6 Å². The second kappa shape index (κ2) is 12.4. The van der Waals surface area contributed by atoms with Crippen molar-refractivity contribution in [2.24, 2.45) is 0 Å². The number of carboxylic acid groups (broad SMARTS) is 1. The van der Waals surface area contributed by atoms with Crippen LogP contribution >= 0.6 is 27.5 Å². The van der Waals surface area contributed by atoms with E-state index in [1.54, 1.807) is 12.1 Å². The highest BCUT2D eigenvalue weighted by molar-refractivity contribution is 9.10. The van der Waals surface area contributed by atoms with Crippen molar-refractivity contribution < 1.29 is 36.4 Å². The van der Waals surface area contributed by atoms with Gasteiger partial charge in [0, 0.05) is 24.9 Å². The molecule has 0 aliphatic heterocycles. The predicted octanol–water partition coefficient (Wildman–Crippen LogP) is 5.18. The number of sulfonamides is 2. The summed E-state index contributed by atoms with van der Waals surface area (Å²) < 4.78 is 61.2. The standard InChI is InChI=1S/C25H18BrClN4O9S2/c26-22-12-20(14-28-24(22)27)41(36,37)29-13-15-1-5-17(6-2-15)40-18-7-10-23(21(11-18)25(32)33)30-42(38,39)19-8-3-16(4-9-19)31(34)35/h1-12,14,29-30H,13H2,(H,32,33). The van der Waals surface area contributed by atoms with Crippen LogP contribution in [0, 0.1) is 10.1 Å². The average Bonchev–Trinajstić information content (AvgIpc) is 2.94. The molecule has 17 heteroatoms. The molecule has 218 valence electrons. The molecule has 0 aliphatic carbocycles. The second-order valence-electron chi connectivity index (χ2n) is 8.38. The fourth-order valence-corrected chi connectivity index (χ4v) is 6.10. The molecule has 0 saturated carbocycles. The maximum Gasteiger partial charge on any atom is 0.337 e. The molecule has 13 nitrogen and oxygen atoms in total. The SMILES string of the molecule is O=C(O)c1cc(Oc2ccc(CNS(=O)(=O)c3cnc(Cl)c(Br)c3)cc2)ccc1NS(=O)(=O)c1ccc([N+](=O)[O-])cc1. The van der Waals surface area contributed by atoms with Gasteiger partial charge < -0.3 is 9.84 Å². The minimum Gasteiger partial charge on any atom is -0.478 e. The van der Waals surface area contributed by atoms with Gasteiger partial charge in [0.1, 0.15) is 21.5 Å². The van der Waals surface area contributed by atoms with E-state index in [0.717, 1.165) is 36.5 Å². The Kier molecular flexibility index (Phi) is 9.12. The van der Waals surface area contributed by atoms with E-state index < -0.39 is 36.5 Å². The molecular formula is C25H18BrClN4O9S2. The Morgan fingerprint density at radius 2 is 1.60 bits per heavy atom. The summed E-state index contributed by atoms with van der Waals surface area (Å²) in [4.78, 5) is 25.4. The molecule has 0 radical (unpaired) electrons. The lowest BCUT2D eigenvalue weighted by molar-refractivity contribution is -0.384. The van der Waals surface area contributed by atoms with Gasteiger partial charge in [-0.2, -0.15) is 0 Å². The normalized spacial score (nSPS) is 11.6. The highest BCUT2D eigenvalue weighted by atomic mass is 79.9. The van der Waals surface area contributed by atoms with E-state index in [2.05, 4.69) is 30.4 Å². The first kappa shape index (κ1) is 30.9. The molecule has 0 spiro atoms. The van der Waals surface area contributed by atoms with E-state index in [9.17, 15) is 36.9 Å². The molecule has 3 aromatic carbocycles. The van der Waals surface area contributed by atoms with Crippen molar-refractivity contribution in [2.75, 3.05) is 4.72 Å². The average molecular weight is 698 g/mol. The van der Waals surface area contributed by atoms with Gasteiger partial charge in [-0.3, -0.25) is 14.8 Å². The molecule has 42 heavy (non-hydrogen) atoms. The zero-order valence-corrected chi connectivity index (χ0v) is 24.9. The smallest absolute Gasteiger partial charge is 0.337 e. The highest BCUT2D eigenvalue weighted by Crippen LogP contribution is 2.29. The molecule has 0 unspecified atom stereocenters. The summed E-state index contributed by atoms with van der Waals surface area (Å²) in [6.45, 7) is -0.0460. The second-order valence-corrected chi connectivity index (χ2v) is 13.0. The van der Waals surface area contributed by atoms with Gasteiger partial charge in [-0.05, 0) is 70.0 Å². The number of benzene rings is 3. The molecule has 4 rings (SSSR count). The van der Waals surface area contributed by atoms with Gasteiger partial charge in [0.15, 0.2) is 0 Å². The lowest BCUT2D eigenvalue weighted by atomic mass is 10.1. The Bertz CT molecular complexity index is 1890. The Morgan fingerprint density at radius 3 is 2.19 bits per heavy atom. The minimum atomic E-state index is -4.26. The Hall–Kier alpha value is -4.09. The summed E-state index contributed by atoms with van der Waals surface area (Å²) in [5.74, 6) is -1.06. The van der Waals surface area contributed by atoms with Crippen LogP contribution in [0.15, 0.2) is 93.3 Å². The number of nitro benzene ring substituents is 1. The van der Waals surface area contributed by atoms with Crippen LogP contribution in [0.3, 0.4) is 0 Å². The van der Waals surface area contributed by atoms with Gasteiger partial charge >= 0.3 is 5.97 Å². The first-order valence-electron chi connectivity index (χ1n) is 11.5. The number of aromatic carboxylic acids is 1. The lowest BCUT2D eigenvalue weighted by Gasteiger charge is -2.13. The third kappa shape index (κ3) is 7.40. The molecule has 0 atom stereocenters. The van der Waals surface area contributed by atoms with Crippen LogP contribution in [0.4, 0.5) is 11.4 Å². The monoisotopic (exact) mass is 696 g/mol. The fourth-order valence-electron chi connectivity index (χ4n) is 3.43. The van der Waals surface area contributed by atoms with Gasteiger partial charge in [-0.15, -0.1) is 0 Å². The number of halogens is 2. The molecular weight excluding hydrogens is 680 g/mol. The molecule has 0 saturated heterocycles. The molecule has 0 amide bonds. The van der Waals surface area contributed by atoms with Crippen molar-refractivity contribution >= 4 is 64.9 Å². The number of nitro groups is 1. The third-order valence-electron chi connectivity index (χ3n) is 5.53. The summed E-state index contributed by atoms with van der Waals surface area (Å²) in [6.07, 6.45) is 1.13. The van der Waals surface area contributed by atoms with Crippen molar-refractivity contribution in [1.29, 1.82) is 0 Å². The minimum absolute atomic E-state index is 0.0460. The Morgan fingerprint density at radius 1 is 0.952 bits per heavy atom. The zero-order chi connectivity index (χ0) is 30.7. The van der Waals surface area contributed by atoms with Crippen LogP contribution in [0.5, 0.6) is 11.5 Å². The quantitative estimate of drug-likeness (QED) is 0.107. The number of carboxylic acids is 1. The molecule has 4 aromatic rings. The number of nitrogens with zero attached hydrogens (tertiary/aromatic N) is 2. The summed E-state index contributed by atoms with van der Waals surface area (Å²) in [6, 6.07) is 15.3. The lowest BCUT2D eigenvalue weighted by Crippen LogP contribution is -2.23. The van der Waals surface area contributed by atoms with Crippen LogP contribution < -0.4 is 14.2 Å². The van der Waals surface area contributed by atoms with E-state index in [4.69, 9.17) is 16.3 Å². The number of ether oxygens (including phenoxy) is 1. The largest absolute Gasteiger partial charge is 0.478 e. The first-order valence-corrected chi connectivity index (χ1v) is 15.6. The van der Waals surface area contributed by atoms with Gasteiger partial charge in [0.2, 0.25) is 10.0 Å². The van der Waals surface area contributed by atoms with Crippen LogP contribution in [0.25, 0.3) is 0 Å². The molecule has 0 bridgehead atoms. The van der Waals surface area contributed by atoms with Crippen LogP contribution in [0.2, 0.25) is 5.15 Å². The van der Waals surface area contributed by atoms with E-state index in [1.165, 1.54) is 30.3 Å². The number of non-ortho nitro benzene ring substituents is 1. The number of nitrogens with one attached hydrogen (secondary N) is 2. The van der Waals surface area contributed by atoms with E-state index >= 15 is 0 Å². The summed E-state index contributed by atoms with van der Waals surface area (Å²) >= 11 is 8.94. The van der Waals surface area contributed by atoms with Crippen LogP contribution in [-0.4, -0.2) is 37.8 Å². The number of rotatable bonds is 11. The number of hydrogen-bond acceptors (Lipinski definition) is 9. The summed E-state index contributed by atoms with van der Waals surface area (Å²) in [5, 5.41) is 20.6. The summed E-state index contributed by atoms with van der Waals surface area (Å²) in [5.41, 5.74) is -0.375. The fraction of sp³-hybridized carbons (Fsp3) is 0.0400. The van der Waals surface area contributed by atoms with Crippen molar-refractivity contribution in [3.8, 4) is 11.5 Å². The predicted molar refractivity (Wildman–Crippen MR) is 155 cm³/mol. The Labute approximate surface area is 252 Å². The van der Waals surface area contributed by atoms with Gasteiger partial charge in [0.05, 0.1) is 25.5 Å². The van der Waals surface area contributed by atoms with E-state index in [0.29, 0.717) is 15.8 Å². The van der Waals surface area contributed by atoms with E-state index in [1.807, 2.05) is 0 Å². The molecule has 1 aromatic heterocycles. The van der Waals surface area contributed by atoms with Gasteiger partial charge in [-0.25, -0.2) is 31.3 Å². The number of pyridine rings is 1. The third-order valence-corrected chi connectivity index (χ3v) is 9.41. The topological polar surface area (TPSA) is 195 Å². The van der Waals surface area contributed by atoms with Gasteiger partial charge in [-0.1, -0.05) is 23.7 Å². The zero-order valence-electron chi connectivity index (χ0n) is 20.9. The molecule has 0 fully saturated rings. The van der Waals surface area contributed by atoms with Gasteiger partial charge in [0.25, 0.3) is 15.7 Å². The van der Waals surface area contributed by atoms with Crippen molar-refractivity contribution in [2.45, 2.75) is 16.3 Å². The molecule has 1 heterocycles. The highest BCUT2D eigenvalue weighted by Gasteiger charge is 2.21. The number of aromatic nitrogens is 1. The Balaban J connectivity index is 1.45. The number of anilines is 1.